The van der Waals surface area contributed by atoms with Crippen molar-refractivity contribution in [1.29, 1.82) is 0 Å². The van der Waals surface area contributed by atoms with Crippen LogP contribution in [0.3, 0.4) is 0 Å². The minimum atomic E-state index is -1.08. The first kappa shape index (κ1) is 13.9. The molecule has 0 radical (unpaired) electrons. The summed E-state index contributed by atoms with van der Waals surface area (Å²) in [4.78, 5) is 22.7. The van der Waals surface area contributed by atoms with Crippen LogP contribution < -0.4 is 0 Å². The van der Waals surface area contributed by atoms with Gasteiger partial charge in [-0.05, 0) is 25.8 Å². The van der Waals surface area contributed by atoms with Crippen LogP contribution in [0.4, 0.5) is 0 Å². The number of ketones is 1. The molecule has 0 aromatic heterocycles. The van der Waals surface area contributed by atoms with Crippen LogP contribution in [0.25, 0.3) is 0 Å². The van der Waals surface area contributed by atoms with Crippen molar-refractivity contribution in [3.63, 3.8) is 0 Å². The van der Waals surface area contributed by atoms with Gasteiger partial charge in [0.25, 0.3) is 0 Å². The van der Waals surface area contributed by atoms with E-state index in [4.69, 9.17) is 5.11 Å². The summed E-state index contributed by atoms with van der Waals surface area (Å²) in [6.07, 6.45) is 0.238. The van der Waals surface area contributed by atoms with Crippen LogP contribution in [0.15, 0.2) is 30.3 Å². The van der Waals surface area contributed by atoms with Crippen molar-refractivity contribution in [3.8, 4) is 0 Å². The third-order valence-corrected chi connectivity index (χ3v) is 3.39. The fourth-order valence-electron chi connectivity index (χ4n) is 1.65. The number of carboxylic acid groups (broad SMARTS) is 1. The normalized spacial score (nSPS) is 15.9. The molecule has 1 aromatic rings. The maximum Gasteiger partial charge on any atom is 0.320 e. The Kier molecular flexibility index (Phi) is 4.46. The number of halogens is 1. The molecule has 0 fully saturated rings. The predicted molar refractivity (Wildman–Crippen MR) is 69.4 cm³/mol. The Bertz CT molecular complexity index is 412. The number of carbonyl (C=O) groups excluding carboxylic acids is 1. The first-order valence-electron chi connectivity index (χ1n) is 5.32. The summed E-state index contributed by atoms with van der Waals surface area (Å²) in [6, 6.07) is 9.24. The average molecular weight is 299 g/mol. The zero-order valence-electron chi connectivity index (χ0n) is 9.81. The molecule has 0 amide bonds. The second kappa shape index (κ2) is 5.45. The van der Waals surface area contributed by atoms with Gasteiger partial charge in [-0.2, -0.15) is 0 Å². The molecule has 92 valence electrons. The number of aliphatic carboxylic acids is 1. The second-order valence-electron chi connectivity index (χ2n) is 4.28. The smallest absolute Gasteiger partial charge is 0.320 e. The van der Waals surface area contributed by atoms with Crippen molar-refractivity contribution in [2.75, 3.05) is 0 Å². The maximum atomic E-state index is 11.6. The van der Waals surface area contributed by atoms with Gasteiger partial charge in [0.1, 0.15) is 10.1 Å². The first-order valence-corrected chi connectivity index (χ1v) is 6.11. The lowest BCUT2D eigenvalue weighted by Crippen LogP contribution is -2.31. The van der Waals surface area contributed by atoms with E-state index in [1.165, 1.54) is 6.92 Å². The van der Waals surface area contributed by atoms with E-state index in [0.717, 1.165) is 5.56 Å². The molecule has 4 heteroatoms. The van der Waals surface area contributed by atoms with Crippen molar-refractivity contribution >= 4 is 27.7 Å². The van der Waals surface area contributed by atoms with Gasteiger partial charge in [-0.3, -0.25) is 9.59 Å². The van der Waals surface area contributed by atoms with E-state index >= 15 is 0 Å². The molecule has 0 heterocycles. The summed E-state index contributed by atoms with van der Waals surface area (Å²) >= 11 is 3.16. The molecule has 0 spiro atoms. The van der Waals surface area contributed by atoms with Crippen molar-refractivity contribution in [2.24, 2.45) is 0 Å². The van der Waals surface area contributed by atoms with E-state index < -0.39 is 16.2 Å². The van der Waals surface area contributed by atoms with E-state index in [-0.39, 0.29) is 12.2 Å². The van der Waals surface area contributed by atoms with Crippen LogP contribution in [-0.4, -0.2) is 21.2 Å². The Balaban J connectivity index is 2.97. The third-order valence-electron chi connectivity index (χ3n) is 2.73. The Morgan fingerprint density at radius 2 is 1.88 bits per heavy atom. The van der Waals surface area contributed by atoms with Crippen LogP contribution in [0.5, 0.6) is 0 Å². The van der Waals surface area contributed by atoms with Crippen LogP contribution in [0, 0.1) is 0 Å². The zero-order valence-corrected chi connectivity index (χ0v) is 11.4. The first-order chi connectivity index (χ1) is 7.84. The van der Waals surface area contributed by atoms with Gasteiger partial charge in [-0.15, -0.1) is 0 Å². The van der Waals surface area contributed by atoms with E-state index in [9.17, 15) is 9.59 Å². The van der Waals surface area contributed by atoms with E-state index in [1.54, 1.807) is 6.92 Å². The Hall–Kier alpha value is -1.16. The molecule has 0 saturated heterocycles. The van der Waals surface area contributed by atoms with Crippen molar-refractivity contribution in [1.82, 2.24) is 0 Å². The molecule has 1 N–H and O–H groups in total. The quantitative estimate of drug-likeness (QED) is 0.850. The van der Waals surface area contributed by atoms with Crippen LogP contribution >= 0.6 is 15.9 Å². The number of alkyl halides is 1. The van der Waals surface area contributed by atoms with Crippen LogP contribution in [0.1, 0.15) is 31.7 Å². The minimum Gasteiger partial charge on any atom is -0.480 e. The van der Waals surface area contributed by atoms with Crippen LogP contribution in [-0.2, 0) is 9.59 Å². The lowest BCUT2D eigenvalue weighted by Gasteiger charge is -2.23. The number of Topliss-reactive ketones (excluding diaryl/α,β-unsaturated/α-hetero) is 1. The fourth-order valence-corrected chi connectivity index (χ4v) is 1.98. The monoisotopic (exact) mass is 298 g/mol. The molecule has 0 aliphatic heterocycles. The highest BCUT2D eigenvalue weighted by Gasteiger charge is 2.35. The van der Waals surface area contributed by atoms with Gasteiger partial charge in [0.2, 0.25) is 0 Å². The molecule has 0 saturated carbocycles. The molecule has 2 unspecified atom stereocenters. The topological polar surface area (TPSA) is 54.4 Å². The molecule has 1 rings (SSSR count). The molecule has 2 atom stereocenters. The highest BCUT2D eigenvalue weighted by atomic mass is 79.9. The summed E-state index contributed by atoms with van der Waals surface area (Å²) in [5, 5.41) is 9.06. The molecular weight excluding hydrogens is 284 g/mol. The van der Waals surface area contributed by atoms with Crippen LogP contribution in [0.2, 0.25) is 0 Å². The Morgan fingerprint density at radius 1 is 1.35 bits per heavy atom. The standard InChI is InChI=1S/C13H15BrO3/c1-9(15)11(8-13(2,14)12(16)17)10-6-4-3-5-7-10/h3-7,11H,8H2,1-2H3,(H,16,17). The minimum absolute atomic E-state index is 0.0249. The average Bonchev–Trinajstić information content (AvgIpc) is 2.26. The lowest BCUT2D eigenvalue weighted by atomic mass is 9.87. The second-order valence-corrected chi connectivity index (χ2v) is 6.03. The zero-order chi connectivity index (χ0) is 13.1. The van der Waals surface area contributed by atoms with Crippen molar-refractivity contribution in [3.05, 3.63) is 35.9 Å². The van der Waals surface area contributed by atoms with E-state index in [0.29, 0.717) is 0 Å². The number of hydrogen-bond donors (Lipinski definition) is 1. The van der Waals surface area contributed by atoms with Gasteiger partial charge in [0, 0.05) is 5.92 Å². The summed E-state index contributed by atoms with van der Waals surface area (Å²) in [5.74, 6) is -1.38. The Morgan fingerprint density at radius 3 is 2.29 bits per heavy atom. The molecule has 17 heavy (non-hydrogen) atoms. The van der Waals surface area contributed by atoms with Gasteiger partial charge < -0.3 is 5.11 Å². The molecular formula is C13H15BrO3. The number of carbonyl (C=O) groups is 2. The summed E-state index contributed by atoms with van der Waals surface area (Å²) < 4.78 is -1.08. The fraction of sp³-hybridized carbons (Fsp3) is 0.385. The van der Waals surface area contributed by atoms with E-state index in [2.05, 4.69) is 15.9 Å². The summed E-state index contributed by atoms with van der Waals surface area (Å²) in [5.41, 5.74) is 0.854. The van der Waals surface area contributed by atoms with Gasteiger partial charge in [-0.25, -0.2) is 0 Å². The molecule has 1 aromatic carbocycles. The molecule has 3 nitrogen and oxygen atoms in total. The van der Waals surface area contributed by atoms with Crippen molar-refractivity contribution < 1.29 is 14.7 Å². The predicted octanol–water partition coefficient (Wildman–Crippen LogP) is 2.99. The largest absolute Gasteiger partial charge is 0.480 e. The SMILES string of the molecule is CC(=O)C(CC(C)(Br)C(=O)O)c1ccccc1. The molecule has 0 aliphatic carbocycles. The van der Waals surface area contributed by atoms with Gasteiger partial charge in [0.05, 0.1) is 0 Å². The Labute approximate surface area is 109 Å². The number of benzene rings is 1. The lowest BCUT2D eigenvalue weighted by molar-refractivity contribution is -0.139. The molecule has 0 aliphatic rings. The highest BCUT2D eigenvalue weighted by molar-refractivity contribution is 9.10. The third kappa shape index (κ3) is 3.66. The molecule has 0 bridgehead atoms. The highest BCUT2D eigenvalue weighted by Crippen LogP contribution is 2.32. The summed E-state index contributed by atoms with van der Waals surface area (Å²) in [6.45, 7) is 3.05. The number of carboxylic acids is 1. The number of hydrogen-bond acceptors (Lipinski definition) is 2. The van der Waals surface area contributed by atoms with Gasteiger partial charge in [0.15, 0.2) is 0 Å². The summed E-state index contributed by atoms with van der Waals surface area (Å²) in [7, 11) is 0. The van der Waals surface area contributed by atoms with Gasteiger partial charge in [-0.1, -0.05) is 46.3 Å². The van der Waals surface area contributed by atoms with Crippen molar-refractivity contribution in [2.45, 2.75) is 30.5 Å². The van der Waals surface area contributed by atoms with Gasteiger partial charge >= 0.3 is 5.97 Å². The van der Waals surface area contributed by atoms with E-state index in [1.807, 2.05) is 30.3 Å². The number of rotatable bonds is 5. The maximum absolute atomic E-state index is 11.6.